The van der Waals surface area contributed by atoms with E-state index in [0.29, 0.717) is 5.92 Å². The normalized spacial score (nSPS) is 18.9. The molecule has 98 valence electrons. The number of benzene rings is 1. The topological polar surface area (TPSA) is 41.1 Å². The number of nitrogens with one attached hydrogen (secondary N) is 2. The van der Waals surface area contributed by atoms with Crippen LogP contribution in [0.3, 0.4) is 0 Å². The van der Waals surface area contributed by atoms with Crippen LogP contribution in [-0.2, 0) is 0 Å². The van der Waals surface area contributed by atoms with E-state index >= 15 is 0 Å². The van der Waals surface area contributed by atoms with Crippen molar-refractivity contribution in [3.8, 4) is 0 Å². The van der Waals surface area contributed by atoms with Crippen LogP contribution in [-0.4, -0.2) is 25.5 Å². The van der Waals surface area contributed by atoms with Crippen LogP contribution in [0, 0.1) is 12.8 Å². The van der Waals surface area contributed by atoms with Crippen molar-refractivity contribution < 1.29 is 4.79 Å². The fourth-order valence-electron chi connectivity index (χ4n) is 2.28. The van der Waals surface area contributed by atoms with Crippen molar-refractivity contribution in [3.05, 3.63) is 33.8 Å². The monoisotopic (exact) mass is 310 g/mol. The Morgan fingerprint density at radius 3 is 3.11 bits per heavy atom. The standard InChI is InChI=1S/C14H19BrN2O/c1-10-2-3-12(15)8-13(10)14(18)17-7-5-11-4-6-16-9-11/h2-3,8,11,16H,4-7,9H2,1H3,(H,17,18). The molecular weight excluding hydrogens is 292 g/mol. The Morgan fingerprint density at radius 2 is 2.39 bits per heavy atom. The maximum atomic E-state index is 12.0. The maximum absolute atomic E-state index is 12.0. The van der Waals surface area contributed by atoms with Gasteiger partial charge in [-0.05, 0) is 56.5 Å². The van der Waals surface area contributed by atoms with Gasteiger partial charge in [0.25, 0.3) is 5.91 Å². The number of amides is 1. The van der Waals surface area contributed by atoms with E-state index in [-0.39, 0.29) is 5.91 Å². The third kappa shape index (κ3) is 3.56. The van der Waals surface area contributed by atoms with Crippen molar-refractivity contribution in [1.29, 1.82) is 0 Å². The largest absolute Gasteiger partial charge is 0.352 e. The van der Waals surface area contributed by atoms with Crippen LogP contribution in [0.1, 0.15) is 28.8 Å². The number of aryl methyl sites for hydroxylation is 1. The zero-order valence-corrected chi connectivity index (χ0v) is 12.2. The Labute approximate surface area is 116 Å². The highest BCUT2D eigenvalue weighted by molar-refractivity contribution is 9.10. The molecule has 18 heavy (non-hydrogen) atoms. The summed E-state index contributed by atoms with van der Waals surface area (Å²) in [5.41, 5.74) is 1.77. The van der Waals surface area contributed by atoms with Gasteiger partial charge in [-0.2, -0.15) is 0 Å². The van der Waals surface area contributed by atoms with Gasteiger partial charge in [0, 0.05) is 16.6 Å². The number of rotatable bonds is 4. The Hall–Kier alpha value is -0.870. The van der Waals surface area contributed by atoms with E-state index in [2.05, 4.69) is 26.6 Å². The highest BCUT2D eigenvalue weighted by atomic mass is 79.9. The minimum absolute atomic E-state index is 0.0276. The third-order valence-electron chi connectivity index (χ3n) is 3.44. The second kappa shape index (κ2) is 6.34. The van der Waals surface area contributed by atoms with Crippen molar-refractivity contribution in [3.63, 3.8) is 0 Å². The van der Waals surface area contributed by atoms with E-state index in [0.717, 1.165) is 41.7 Å². The first-order valence-electron chi connectivity index (χ1n) is 6.42. The van der Waals surface area contributed by atoms with Gasteiger partial charge in [0.2, 0.25) is 0 Å². The number of carbonyl (C=O) groups is 1. The van der Waals surface area contributed by atoms with Crippen LogP contribution < -0.4 is 10.6 Å². The average Bonchev–Trinajstić information content (AvgIpc) is 2.85. The first-order valence-corrected chi connectivity index (χ1v) is 7.21. The highest BCUT2D eigenvalue weighted by Crippen LogP contribution is 2.16. The van der Waals surface area contributed by atoms with Gasteiger partial charge in [-0.15, -0.1) is 0 Å². The Balaban J connectivity index is 1.85. The lowest BCUT2D eigenvalue weighted by atomic mass is 10.0. The molecule has 2 rings (SSSR count). The van der Waals surface area contributed by atoms with Crippen molar-refractivity contribution in [2.45, 2.75) is 19.8 Å². The molecule has 1 atom stereocenters. The Bertz CT molecular complexity index is 428. The lowest BCUT2D eigenvalue weighted by molar-refractivity contribution is 0.0951. The smallest absolute Gasteiger partial charge is 0.251 e. The summed E-state index contributed by atoms with van der Waals surface area (Å²) < 4.78 is 0.943. The molecule has 1 unspecified atom stereocenters. The van der Waals surface area contributed by atoms with Gasteiger partial charge in [0.15, 0.2) is 0 Å². The number of carbonyl (C=O) groups excluding carboxylic acids is 1. The fourth-order valence-corrected chi connectivity index (χ4v) is 2.65. The SMILES string of the molecule is Cc1ccc(Br)cc1C(=O)NCCC1CCNC1. The van der Waals surface area contributed by atoms with Gasteiger partial charge in [-0.1, -0.05) is 22.0 Å². The van der Waals surface area contributed by atoms with Crippen molar-refractivity contribution in [2.24, 2.45) is 5.92 Å². The lowest BCUT2D eigenvalue weighted by Gasteiger charge is -2.11. The summed E-state index contributed by atoms with van der Waals surface area (Å²) in [7, 11) is 0. The zero-order valence-electron chi connectivity index (χ0n) is 10.6. The molecule has 1 aliphatic rings. The van der Waals surface area contributed by atoms with Crippen LogP contribution >= 0.6 is 15.9 Å². The third-order valence-corrected chi connectivity index (χ3v) is 3.94. The zero-order chi connectivity index (χ0) is 13.0. The van der Waals surface area contributed by atoms with Gasteiger partial charge in [-0.25, -0.2) is 0 Å². The van der Waals surface area contributed by atoms with Crippen molar-refractivity contribution >= 4 is 21.8 Å². The number of hydrogen-bond acceptors (Lipinski definition) is 2. The predicted octanol–water partition coefficient (Wildman–Crippen LogP) is 2.49. The summed E-state index contributed by atoms with van der Waals surface area (Å²) in [6.45, 7) is 4.93. The summed E-state index contributed by atoms with van der Waals surface area (Å²) in [5, 5.41) is 6.35. The van der Waals surface area contributed by atoms with E-state index < -0.39 is 0 Å². The summed E-state index contributed by atoms with van der Waals surface area (Å²) in [6.07, 6.45) is 2.29. The molecule has 1 aromatic rings. The van der Waals surface area contributed by atoms with Crippen LogP contribution in [0.25, 0.3) is 0 Å². The summed E-state index contributed by atoms with van der Waals surface area (Å²) >= 11 is 3.40. The van der Waals surface area contributed by atoms with Crippen molar-refractivity contribution in [1.82, 2.24) is 10.6 Å². The number of hydrogen-bond donors (Lipinski definition) is 2. The molecule has 2 N–H and O–H groups in total. The molecule has 1 aromatic carbocycles. The molecule has 0 bridgehead atoms. The van der Waals surface area contributed by atoms with E-state index in [1.165, 1.54) is 6.42 Å². The molecule has 1 saturated heterocycles. The van der Waals surface area contributed by atoms with Crippen LogP contribution in [0.4, 0.5) is 0 Å². The predicted molar refractivity (Wildman–Crippen MR) is 76.8 cm³/mol. The molecule has 0 saturated carbocycles. The van der Waals surface area contributed by atoms with Crippen LogP contribution in [0.5, 0.6) is 0 Å². The average molecular weight is 311 g/mol. The van der Waals surface area contributed by atoms with Crippen LogP contribution in [0.15, 0.2) is 22.7 Å². The first kappa shape index (κ1) is 13.6. The molecule has 1 amide bonds. The molecule has 4 heteroatoms. The van der Waals surface area contributed by atoms with Crippen molar-refractivity contribution in [2.75, 3.05) is 19.6 Å². The minimum atomic E-state index is 0.0276. The molecule has 1 fully saturated rings. The van der Waals surface area contributed by atoms with Gasteiger partial charge in [0.05, 0.1) is 0 Å². The number of halogens is 1. The summed E-state index contributed by atoms with van der Waals surface area (Å²) in [4.78, 5) is 12.0. The first-order chi connectivity index (χ1) is 8.66. The molecule has 0 radical (unpaired) electrons. The minimum Gasteiger partial charge on any atom is -0.352 e. The quantitative estimate of drug-likeness (QED) is 0.897. The Kier molecular flexibility index (Phi) is 4.78. The molecule has 0 spiro atoms. The van der Waals surface area contributed by atoms with Crippen LogP contribution in [0.2, 0.25) is 0 Å². The second-order valence-corrected chi connectivity index (χ2v) is 5.78. The van der Waals surface area contributed by atoms with E-state index in [9.17, 15) is 4.79 Å². The molecule has 0 aliphatic carbocycles. The molecule has 1 aliphatic heterocycles. The Morgan fingerprint density at radius 1 is 1.56 bits per heavy atom. The maximum Gasteiger partial charge on any atom is 0.251 e. The molecular formula is C14H19BrN2O. The highest BCUT2D eigenvalue weighted by Gasteiger charge is 2.15. The summed E-state index contributed by atoms with van der Waals surface area (Å²) in [6, 6.07) is 5.79. The molecule has 1 heterocycles. The molecule has 3 nitrogen and oxygen atoms in total. The van der Waals surface area contributed by atoms with E-state index in [1.54, 1.807) is 0 Å². The van der Waals surface area contributed by atoms with Gasteiger partial charge in [-0.3, -0.25) is 4.79 Å². The van der Waals surface area contributed by atoms with Gasteiger partial charge < -0.3 is 10.6 Å². The van der Waals surface area contributed by atoms with E-state index in [4.69, 9.17) is 0 Å². The molecule has 0 aromatic heterocycles. The second-order valence-electron chi connectivity index (χ2n) is 4.86. The lowest BCUT2D eigenvalue weighted by Crippen LogP contribution is -2.27. The van der Waals surface area contributed by atoms with E-state index in [1.807, 2.05) is 25.1 Å². The van der Waals surface area contributed by atoms with Gasteiger partial charge >= 0.3 is 0 Å². The van der Waals surface area contributed by atoms with Gasteiger partial charge in [0.1, 0.15) is 0 Å². The fraction of sp³-hybridized carbons (Fsp3) is 0.500. The summed E-state index contributed by atoms with van der Waals surface area (Å²) in [5.74, 6) is 0.744.